The molecule has 0 spiro atoms. The average molecular weight is 355 g/mol. The number of hydrogen-bond acceptors (Lipinski definition) is 6. The number of rotatable bonds is 6. The number of amides is 1. The first-order valence-corrected chi connectivity index (χ1v) is 9.11. The van der Waals surface area contributed by atoms with Crippen molar-refractivity contribution >= 4 is 27.6 Å². The van der Waals surface area contributed by atoms with Crippen molar-refractivity contribution in [1.82, 2.24) is 10.0 Å². The fourth-order valence-electron chi connectivity index (χ4n) is 2.36. The molecule has 1 amide bonds. The molecular weight excluding hydrogens is 334 g/mol. The highest BCUT2D eigenvalue weighted by atomic mass is 32.2. The quantitative estimate of drug-likeness (QED) is 0.629. The van der Waals surface area contributed by atoms with Crippen LogP contribution in [0.1, 0.15) is 19.3 Å². The lowest BCUT2D eigenvalue weighted by Crippen LogP contribution is -2.43. The Morgan fingerprint density at radius 2 is 2.12 bits per heavy atom. The molecule has 1 aliphatic heterocycles. The zero-order valence-corrected chi connectivity index (χ0v) is 14.2. The van der Waals surface area contributed by atoms with Gasteiger partial charge in [0.05, 0.1) is 18.0 Å². The molecule has 1 atom stereocenters. The first-order valence-electron chi connectivity index (χ1n) is 7.63. The van der Waals surface area contributed by atoms with Gasteiger partial charge in [-0.1, -0.05) is 12.5 Å². The monoisotopic (exact) mass is 355 g/mol. The Kier molecular flexibility index (Phi) is 6.29. The van der Waals surface area contributed by atoms with Gasteiger partial charge in [-0.25, -0.2) is 8.42 Å². The summed E-state index contributed by atoms with van der Waals surface area (Å²) in [7, 11) is -2.69. The van der Waals surface area contributed by atoms with E-state index in [-0.39, 0.29) is 16.8 Å². The van der Waals surface area contributed by atoms with Gasteiger partial charge in [0, 0.05) is 5.69 Å². The van der Waals surface area contributed by atoms with Crippen LogP contribution >= 0.6 is 0 Å². The third kappa shape index (κ3) is 5.02. The van der Waals surface area contributed by atoms with Gasteiger partial charge in [-0.3, -0.25) is 9.59 Å². The van der Waals surface area contributed by atoms with E-state index in [0.29, 0.717) is 5.69 Å². The van der Waals surface area contributed by atoms with Crippen LogP contribution in [0.25, 0.3) is 0 Å². The van der Waals surface area contributed by atoms with Gasteiger partial charge in [0.15, 0.2) is 0 Å². The van der Waals surface area contributed by atoms with Crippen molar-refractivity contribution in [3.63, 3.8) is 0 Å². The molecule has 132 valence electrons. The van der Waals surface area contributed by atoms with Crippen LogP contribution in [0, 0.1) is 0 Å². The van der Waals surface area contributed by atoms with Crippen LogP contribution < -0.4 is 15.4 Å². The Hall–Kier alpha value is -1.97. The molecule has 1 aromatic carbocycles. The van der Waals surface area contributed by atoms with Crippen molar-refractivity contribution in [2.75, 3.05) is 25.5 Å². The van der Waals surface area contributed by atoms with E-state index in [0.717, 1.165) is 25.8 Å². The number of nitrogens with one attached hydrogen (secondary N) is 3. The number of sulfonamides is 1. The summed E-state index contributed by atoms with van der Waals surface area (Å²) in [4.78, 5) is 23.2. The molecule has 0 saturated carbocycles. The second-order valence-corrected chi connectivity index (χ2v) is 7.19. The molecule has 24 heavy (non-hydrogen) atoms. The molecule has 8 nitrogen and oxygen atoms in total. The summed E-state index contributed by atoms with van der Waals surface area (Å²) >= 11 is 0. The number of ether oxygens (including phenoxy) is 1. The maximum Gasteiger partial charge on any atom is 0.320 e. The summed E-state index contributed by atoms with van der Waals surface area (Å²) < 4.78 is 30.8. The molecule has 2 rings (SSSR count). The molecule has 9 heteroatoms. The smallest absolute Gasteiger partial charge is 0.320 e. The SMILES string of the molecule is COC(=O)CNS(=O)(=O)c1cccc(NC(=O)C2CCCCN2)c1. The number of anilines is 1. The molecule has 1 heterocycles. The van der Waals surface area contributed by atoms with Crippen molar-refractivity contribution in [3.05, 3.63) is 24.3 Å². The summed E-state index contributed by atoms with van der Waals surface area (Å²) in [6.45, 7) is 0.339. The Labute approximate surface area is 141 Å². The lowest BCUT2D eigenvalue weighted by molar-refractivity contribution is -0.139. The third-order valence-electron chi connectivity index (χ3n) is 3.67. The number of benzene rings is 1. The minimum absolute atomic E-state index is 0.0409. The van der Waals surface area contributed by atoms with E-state index in [4.69, 9.17) is 0 Å². The van der Waals surface area contributed by atoms with E-state index in [2.05, 4.69) is 20.1 Å². The van der Waals surface area contributed by atoms with Gasteiger partial charge in [-0.2, -0.15) is 4.72 Å². The van der Waals surface area contributed by atoms with Crippen LogP contribution in [0.3, 0.4) is 0 Å². The third-order valence-corrected chi connectivity index (χ3v) is 5.07. The molecule has 0 aliphatic carbocycles. The Bertz CT molecular complexity index is 699. The Morgan fingerprint density at radius 3 is 2.79 bits per heavy atom. The first kappa shape index (κ1) is 18.4. The maximum absolute atomic E-state index is 12.2. The van der Waals surface area contributed by atoms with E-state index in [1.807, 2.05) is 0 Å². The van der Waals surface area contributed by atoms with Crippen LogP contribution in [0.5, 0.6) is 0 Å². The van der Waals surface area contributed by atoms with E-state index in [1.165, 1.54) is 25.3 Å². The highest BCUT2D eigenvalue weighted by Gasteiger charge is 2.21. The van der Waals surface area contributed by atoms with Crippen LogP contribution in [0.4, 0.5) is 5.69 Å². The van der Waals surface area contributed by atoms with Gasteiger partial charge in [-0.15, -0.1) is 0 Å². The minimum Gasteiger partial charge on any atom is -0.468 e. The van der Waals surface area contributed by atoms with Gasteiger partial charge in [0.1, 0.15) is 6.54 Å². The fourth-order valence-corrected chi connectivity index (χ4v) is 3.37. The van der Waals surface area contributed by atoms with Crippen molar-refractivity contribution in [3.8, 4) is 0 Å². The zero-order chi connectivity index (χ0) is 17.6. The number of hydrogen-bond donors (Lipinski definition) is 3. The van der Waals surface area contributed by atoms with Crippen molar-refractivity contribution < 1.29 is 22.7 Å². The van der Waals surface area contributed by atoms with Gasteiger partial charge < -0.3 is 15.4 Å². The van der Waals surface area contributed by atoms with Crippen LogP contribution in [-0.2, 0) is 24.3 Å². The van der Waals surface area contributed by atoms with Gasteiger partial charge in [0.25, 0.3) is 0 Å². The zero-order valence-electron chi connectivity index (χ0n) is 13.4. The highest BCUT2D eigenvalue weighted by molar-refractivity contribution is 7.89. The number of methoxy groups -OCH3 is 1. The summed E-state index contributed by atoms with van der Waals surface area (Å²) in [5, 5.41) is 5.84. The van der Waals surface area contributed by atoms with E-state index in [1.54, 1.807) is 6.07 Å². The second-order valence-electron chi connectivity index (χ2n) is 5.42. The topological polar surface area (TPSA) is 114 Å². The molecule has 1 unspecified atom stereocenters. The second kappa shape index (κ2) is 8.22. The molecule has 1 aromatic rings. The largest absolute Gasteiger partial charge is 0.468 e. The molecule has 3 N–H and O–H groups in total. The predicted molar refractivity (Wildman–Crippen MR) is 87.9 cm³/mol. The van der Waals surface area contributed by atoms with E-state index >= 15 is 0 Å². The molecule has 1 fully saturated rings. The Balaban J connectivity index is 2.04. The lowest BCUT2D eigenvalue weighted by atomic mass is 10.0. The minimum atomic E-state index is -3.87. The Morgan fingerprint density at radius 1 is 1.33 bits per heavy atom. The van der Waals surface area contributed by atoms with Gasteiger partial charge in [0.2, 0.25) is 15.9 Å². The molecule has 0 aromatic heterocycles. The highest BCUT2D eigenvalue weighted by Crippen LogP contribution is 2.16. The maximum atomic E-state index is 12.2. The van der Waals surface area contributed by atoms with Gasteiger partial charge >= 0.3 is 5.97 Å². The number of piperidine rings is 1. The van der Waals surface area contributed by atoms with E-state index < -0.39 is 22.5 Å². The molecule has 1 aliphatic rings. The standard InChI is InChI=1S/C15H21N3O5S/c1-23-14(19)10-17-24(21,22)12-6-4-5-11(9-12)18-15(20)13-7-2-3-8-16-13/h4-6,9,13,16-17H,2-3,7-8,10H2,1H3,(H,18,20). The summed E-state index contributed by atoms with van der Waals surface area (Å²) in [5.41, 5.74) is 0.383. The normalized spacial score (nSPS) is 18.0. The number of carbonyl (C=O) groups is 2. The first-order chi connectivity index (χ1) is 11.4. The van der Waals surface area contributed by atoms with Crippen LogP contribution in [0.2, 0.25) is 0 Å². The summed E-state index contributed by atoms with van der Waals surface area (Å²) in [6.07, 6.45) is 2.78. The van der Waals surface area contributed by atoms with Crippen LogP contribution in [-0.4, -0.2) is 46.5 Å². The summed E-state index contributed by atoms with van der Waals surface area (Å²) in [6, 6.07) is 5.60. The van der Waals surface area contributed by atoms with Gasteiger partial charge in [-0.05, 0) is 37.6 Å². The molecule has 0 radical (unpaired) electrons. The van der Waals surface area contributed by atoms with Crippen molar-refractivity contribution in [2.45, 2.75) is 30.2 Å². The molecule has 0 bridgehead atoms. The fraction of sp³-hybridized carbons (Fsp3) is 0.467. The van der Waals surface area contributed by atoms with E-state index in [9.17, 15) is 18.0 Å². The predicted octanol–water partition coefficient (Wildman–Crippen LogP) is 0.219. The van der Waals surface area contributed by atoms with Crippen LogP contribution in [0.15, 0.2) is 29.2 Å². The lowest BCUT2D eigenvalue weighted by Gasteiger charge is -2.22. The number of carbonyl (C=O) groups excluding carboxylic acids is 2. The average Bonchev–Trinajstić information content (AvgIpc) is 2.60. The molecule has 1 saturated heterocycles. The van der Waals surface area contributed by atoms with Crippen molar-refractivity contribution in [2.24, 2.45) is 0 Å². The number of esters is 1. The summed E-state index contributed by atoms with van der Waals surface area (Å²) in [5.74, 6) is -0.877. The molecular formula is C15H21N3O5S. The van der Waals surface area contributed by atoms with Crippen molar-refractivity contribution in [1.29, 1.82) is 0 Å².